The van der Waals surface area contributed by atoms with Gasteiger partial charge in [0.25, 0.3) is 0 Å². The van der Waals surface area contributed by atoms with Crippen molar-refractivity contribution in [1.82, 2.24) is 5.32 Å². The standard InChI is InChI=1S/C15H22ClNS/c1-10-2-3-11(9-17-12-4-5-12)13(8-10)15-14(16)6-7-18-15/h6-7,10-13,17H,2-5,8-9H2,1H3. The topological polar surface area (TPSA) is 12.0 Å². The third-order valence-corrected chi connectivity index (χ3v) is 5.97. The van der Waals surface area contributed by atoms with Crippen molar-refractivity contribution in [1.29, 1.82) is 0 Å². The Bertz CT molecular complexity index is 399. The fraction of sp³-hybridized carbons (Fsp3) is 0.733. The van der Waals surface area contributed by atoms with Gasteiger partial charge in [-0.2, -0.15) is 0 Å². The number of hydrogen-bond donors (Lipinski definition) is 1. The zero-order valence-electron chi connectivity index (χ0n) is 11.0. The molecule has 3 unspecified atom stereocenters. The third kappa shape index (κ3) is 2.92. The Hall–Kier alpha value is -0.0500. The molecule has 0 spiro atoms. The van der Waals surface area contributed by atoms with Gasteiger partial charge in [-0.05, 0) is 61.4 Å². The van der Waals surface area contributed by atoms with Crippen molar-refractivity contribution < 1.29 is 0 Å². The lowest BCUT2D eigenvalue weighted by Gasteiger charge is -2.35. The van der Waals surface area contributed by atoms with Crippen LogP contribution >= 0.6 is 22.9 Å². The smallest absolute Gasteiger partial charge is 0.0547 e. The second-order valence-electron chi connectivity index (χ2n) is 6.10. The minimum absolute atomic E-state index is 0.687. The summed E-state index contributed by atoms with van der Waals surface area (Å²) in [5, 5.41) is 6.85. The van der Waals surface area contributed by atoms with Crippen LogP contribution in [0.5, 0.6) is 0 Å². The maximum absolute atomic E-state index is 6.35. The minimum Gasteiger partial charge on any atom is -0.314 e. The molecular weight excluding hydrogens is 262 g/mol. The second kappa shape index (κ2) is 5.52. The van der Waals surface area contributed by atoms with Gasteiger partial charge in [0.2, 0.25) is 0 Å². The molecule has 1 aromatic rings. The van der Waals surface area contributed by atoms with Crippen molar-refractivity contribution >= 4 is 22.9 Å². The highest BCUT2D eigenvalue weighted by Gasteiger charge is 2.33. The average molecular weight is 284 g/mol. The summed E-state index contributed by atoms with van der Waals surface area (Å²) < 4.78 is 0. The summed E-state index contributed by atoms with van der Waals surface area (Å²) in [6.45, 7) is 3.58. The molecular formula is C15H22ClNS. The van der Waals surface area contributed by atoms with Gasteiger partial charge in [0.15, 0.2) is 0 Å². The Morgan fingerprint density at radius 1 is 1.33 bits per heavy atom. The molecule has 2 saturated carbocycles. The monoisotopic (exact) mass is 283 g/mol. The molecule has 2 aliphatic carbocycles. The van der Waals surface area contributed by atoms with Crippen molar-refractivity contribution in [3.8, 4) is 0 Å². The van der Waals surface area contributed by atoms with E-state index in [9.17, 15) is 0 Å². The highest BCUT2D eigenvalue weighted by atomic mass is 35.5. The molecule has 3 atom stereocenters. The number of halogens is 1. The lowest BCUT2D eigenvalue weighted by atomic mass is 9.74. The van der Waals surface area contributed by atoms with E-state index < -0.39 is 0 Å². The number of rotatable bonds is 4. The van der Waals surface area contributed by atoms with E-state index in [4.69, 9.17) is 11.6 Å². The minimum atomic E-state index is 0.687. The van der Waals surface area contributed by atoms with Gasteiger partial charge in [-0.1, -0.05) is 24.9 Å². The Morgan fingerprint density at radius 2 is 2.17 bits per heavy atom. The number of nitrogens with one attached hydrogen (secondary N) is 1. The van der Waals surface area contributed by atoms with E-state index in [0.29, 0.717) is 5.92 Å². The number of hydrogen-bond acceptors (Lipinski definition) is 2. The highest BCUT2D eigenvalue weighted by Crippen LogP contribution is 2.44. The quantitative estimate of drug-likeness (QED) is 0.846. The van der Waals surface area contributed by atoms with Gasteiger partial charge < -0.3 is 5.32 Å². The van der Waals surface area contributed by atoms with Crippen molar-refractivity contribution in [2.45, 2.75) is 51.0 Å². The first-order chi connectivity index (χ1) is 8.74. The van der Waals surface area contributed by atoms with Crippen LogP contribution in [-0.2, 0) is 0 Å². The molecule has 2 fully saturated rings. The van der Waals surface area contributed by atoms with Crippen LogP contribution in [0.2, 0.25) is 5.02 Å². The summed E-state index contributed by atoms with van der Waals surface area (Å²) in [7, 11) is 0. The molecule has 3 rings (SSSR count). The largest absolute Gasteiger partial charge is 0.314 e. The van der Waals surface area contributed by atoms with Gasteiger partial charge in [-0.15, -0.1) is 11.3 Å². The summed E-state index contributed by atoms with van der Waals surface area (Å²) in [5.41, 5.74) is 0. The fourth-order valence-corrected chi connectivity index (χ4v) is 4.59. The van der Waals surface area contributed by atoms with Gasteiger partial charge in [-0.3, -0.25) is 0 Å². The van der Waals surface area contributed by atoms with E-state index in [-0.39, 0.29) is 0 Å². The predicted molar refractivity (Wildman–Crippen MR) is 79.6 cm³/mol. The van der Waals surface area contributed by atoms with Crippen LogP contribution in [0.25, 0.3) is 0 Å². The Morgan fingerprint density at radius 3 is 2.83 bits per heavy atom. The molecule has 1 N–H and O–H groups in total. The van der Waals surface area contributed by atoms with Crippen LogP contribution in [0.1, 0.15) is 49.8 Å². The first-order valence-corrected chi connectivity index (χ1v) is 8.46. The molecule has 0 saturated heterocycles. The lowest BCUT2D eigenvalue weighted by molar-refractivity contribution is 0.244. The van der Waals surface area contributed by atoms with Crippen LogP contribution in [0.3, 0.4) is 0 Å². The van der Waals surface area contributed by atoms with Crippen molar-refractivity contribution in [3.05, 3.63) is 21.3 Å². The van der Waals surface area contributed by atoms with E-state index in [1.807, 2.05) is 11.3 Å². The molecule has 0 aliphatic heterocycles. The molecule has 1 nitrogen and oxygen atoms in total. The maximum atomic E-state index is 6.35. The molecule has 1 aromatic heterocycles. The van der Waals surface area contributed by atoms with Crippen LogP contribution < -0.4 is 5.32 Å². The molecule has 0 aromatic carbocycles. The van der Waals surface area contributed by atoms with Gasteiger partial charge in [0.05, 0.1) is 5.02 Å². The first kappa shape index (κ1) is 13.0. The van der Waals surface area contributed by atoms with Gasteiger partial charge >= 0.3 is 0 Å². The van der Waals surface area contributed by atoms with E-state index in [0.717, 1.165) is 22.9 Å². The zero-order chi connectivity index (χ0) is 12.5. The first-order valence-electron chi connectivity index (χ1n) is 7.20. The zero-order valence-corrected chi connectivity index (χ0v) is 12.6. The summed E-state index contributed by atoms with van der Waals surface area (Å²) in [6, 6.07) is 2.88. The third-order valence-electron chi connectivity index (χ3n) is 4.48. The van der Waals surface area contributed by atoms with E-state index in [1.165, 1.54) is 43.5 Å². The van der Waals surface area contributed by atoms with Gasteiger partial charge in [-0.25, -0.2) is 0 Å². The fourth-order valence-electron chi connectivity index (χ4n) is 3.18. The van der Waals surface area contributed by atoms with E-state index in [2.05, 4.69) is 23.7 Å². The second-order valence-corrected chi connectivity index (χ2v) is 7.46. The van der Waals surface area contributed by atoms with Crippen LogP contribution in [0.15, 0.2) is 11.4 Å². The number of thiophene rings is 1. The molecule has 18 heavy (non-hydrogen) atoms. The average Bonchev–Trinajstić information content (AvgIpc) is 3.09. The van der Waals surface area contributed by atoms with Crippen molar-refractivity contribution in [2.75, 3.05) is 6.54 Å². The van der Waals surface area contributed by atoms with Gasteiger partial charge in [0.1, 0.15) is 0 Å². The summed E-state index contributed by atoms with van der Waals surface area (Å²) in [4.78, 5) is 1.44. The van der Waals surface area contributed by atoms with E-state index in [1.54, 1.807) is 0 Å². The highest BCUT2D eigenvalue weighted by molar-refractivity contribution is 7.10. The maximum Gasteiger partial charge on any atom is 0.0547 e. The molecule has 0 radical (unpaired) electrons. The van der Waals surface area contributed by atoms with Crippen LogP contribution in [-0.4, -0.2) is 12.6 Å². The van der Waals surface area contributed by atoms with Crippen LogP contribution in [0, 0.1) is 11.8 Å². The normalized spacial score (nSPS) is 32.7. The molecule has 2 aliphatic rings. The summed E-state index contributed by atoms with van der Waals surface area (Å²) in [5.74, 6) is 2.33. The Balaban J connectivity index is 1.70. The molecule has 100 valence electrons. The summed E-state index contributed by atoms with van der Waals surface area (Å²) in [6.07, 6.45) is 6.83. The Kier molecular flexibility index (Phi) is 3.97. The molecule has 0 amide bonds. The molecule has 0 bridgehead atoms. The van der Waals surface area contributed by atoms with E-state index >= 15 is 0 Å². The molecule has 1 heterocycles. The van der Waals surface area contributed by atoms with Gasteiger partial charge in [0, 0.05) is 10.9 Å². The SMILES string of the molecule is CC1CCC(CNC2CC2)C(c2sccc2Cl)C1. The molecule has 3 heteroatoms. The Labute approximate surface area is 119 Å². The van der Waals surface area contributed by atoms with Crippen LogP contribution in [0.4, 0.5) is 0 Å². The van der Waals surface area contributed by atoms with Crippen molar-refractivity contribution in [3.63, 3.8) is 0 Å². The lowest BCUT2D eigenvalue weighted by Crippen LogP contribution is -2.32. The summed E-state index contributed by atoms with van der Waals surface area (Å²) >= 11 is 8.20. The van der Waals surface area contributed by atoms with Crippen molar-refractivity contribution in [2.24, 2.45) is 11.8 Å². The predicted octanol–water partition coefficient (Wildman–Crippen LogP) is 4.67.